The lowest BCUT2D eigenvalue weighted by Crippen LogP contribution is -2.31. The minimum Gasteiger partial charge on any atom is -0.386 e. The average molecular weight is 415 g/mol. The van der Waals surface area contributed by atoms with Gasteiger partial charge in [0.1, 0.15) is 0 Å². The number of hydrogen-bond acceptors (Lipinski definition) is 5. The minimum atomic E-state index is 0.111. The number of hydrogen-bond donors (Lipinski definition) is 2. The molecule has 172 valence electrons. The maximum absolute atomic E-state index is 11.8. The Morgan fingerprint density at radius 2 is 1.52 bits per heavy atom. The summed E-state index contributed by atoms with van der Waals surface area (Å²) in [6, 6.07) is 0.450. The van der Waals surface area contributed by atoms with Gasteiger partial charge in [0, 0.05) is 31.3 Å². The molecule has 0 heterocycles. The summed E-state index contributed by atoms with van der Waals surface area (Å²) in [5.74, 6) is 0.720. The highest BCUT2D eigenvalue weighted by atomic mass is 16.5. The lowest BCUT2D eigenvalue weighted by Gasteiger charge is -2.23. The van der Waals surface area contributed by atoms with Gasteiger partial charge < -0.3 is 24.8 Å². The van der Waals surface area contributed by atoms with Crippen LogP contribution >= 0.6 is 0 Å². The summed E-state index contributed by atoms with van der Waals surface area (Å²) < 4.78 is 16.2. The van der Waals surface area contributed by atoms with Crippen LogP contribution in [0.4, 0.5) is 0 Å². The summed E-state index contributed by atoms with van der Waals surface area (Å²) in [6.45, 7) is 16.9. The first-order valence-corrected chi connectivity index (χ1v) is 11.4. The van der Waals surface area contributed by atoms with Crippen molar-refractivity contribution in [2.75, 3.05) is 46.2 Å². The minimum absolute atomic E-state index is 0.111. The van der Waals surface area contributed by atoms with Crippen LogP contribution in [0, 0.1) is 5.92 Å². The fraction of sp³-hybridized carbons (Fsp3) is 0.870. The zero-order valence-electron chi connectivity index (χ0n) is 19.4. The van der Waals surface area contributed by atoms with Crippen LogP contribution < -0.4 is 10.6 Å². The van der Waals surface area contributed by atoms with Crippen LogP contribution in [0.5, 0.6) is 0 Å². The van der Waals surface area contributed by atoms with Crippen molar-refractivity contribution < 1.29 is 19.0 Å². The van der Waals surface area contributed by atoms with Crippen molar-refractivity contribution >= 4 is 5.91 Å². The maximum atomic E-state index is 11.8. The van der Waals surface area contributed by atoms with E-state index in [2.05, 4.69) is 44.9 Å². The van der Waals surface area contributed by atoms with Crippen LogP contribution in [0.1, 0.15) is 72.6 Å². The van der Waals surface area contributed by atoms with Gasteiger partial charge in [-0.1, -0.05) is 40.2 Å². The molecule has 2 atom stereocenters. The highest BCUT2D eigenvalue weighted by Crippen LogP contribution is 2.15. The molecule has 0 saturated heterocycles. The van der Waals surface area contributed by atoms with Crippen molar-refractivity contribution in [3.05, 3.63) is 12.3 Å². The van der Waals surface area contributed by atoms with Gasteiger partial charge >= 0.3 is 0 Å². The van der Waals surface area contributed by atoms with Crippen molar-refractivity contribution in [3.63, 3.8) is 0 Å². The molecule has 0 aromatic carbocycles. The molecule has 6 heteroatoms. The van der Waals surface area contributed by atoms with Crippen LogP contribution in [0.15, 0.2) is 12.3 Å². The SMILES string of the molecule is C=C(CC)NC(C)C(C)CCCCCC(=O)NCCOCCOCCOCCC. The van der Waals surface area contributed by atoms with Crippen molar-refractivity contribution in [1.29, 1.82) is 0 Å². The molecule has 0 saturated carbocycles. The van der Waals surface area contributed by atoms with Crippen LogP contribution in [-0.4, -0.2) is 58.1 Å². The second kappa shape index (κ2) is 20.2. The Kier molecular flexibility index (Phi) is 19.4. The maximum Gasteiger partial charge on any atom is 0.220 e. The van der Waals surface area contributed by atoms with E-state index in [1.807, 2.05) is 0 Å². The lowest BCUT2D eigenvalue weighted by molar-refractivity contribution is -0.121. The van der Waals surface area contributed by atoms with Gasteiger partial charge in [0.15, 0.2) is 0 Å². The first-order chi connectivity index (χ1) is 14.0. The third kappa shape index (κ3) is 18.6. The monoisotopic (exact) mass is 414 g/mol. The second-order valence-electron chi connectivity index (χ2n) is 7.65. The topological polar surface area (TPSA) is 68.8 Å². The highest BCUT2D eigenvalue weighted by Gasteiger charge is 2.11. The van der Waals surface area contributed by atoms with E-state index in [1.165, 1.54) is 6.42 Å². The zero-order valence-corrected chi connectivity index (χ0v) is 19.4. The van der Waals surface area contributed by atoms with Crippen molar-refractivity contribution in [2.24, 2.45) is 5.92 Å². The van der Waals surface area contributed by atoms with E-state index < -0.39 is 0 Å². The summed E-state index contributed by atoms with van der Waals surface area (Å²) in [4.78, 5) is 11.8. The molecule has 0 spiro atoms. The molecule has 2 unspecified atom stereocenters. The molecule has 0 aromatic rings. The van der Waals surface area contributed by atoms with E-state index in [1.54, 1.807) is 0 Å². The largest absolute Gasteiger partial charge is 0.386 e. The Morgan fingerprint density at radius 3 is 2.14 bits per heavy atom. The van der Waals surface area contributed by atoms with Gasteiger partial charge in [-0.15, -0.1) is 0 Å². The number of carbonyl (C=O) groups excluding carboxylic acids is 1. The molecule has 0 aliphatic rings. The number of carbonyl (C=O) groups is 1. The molecular weight excluding hydrogens is 368 g/mol. The number of amides is 1. The molecular formula is C23H46N2O4. The number of rotatable bonds is 21. The Morgan fingerprint density at radius 1 is 0.897 bits per heavy atom. The zero-order chi connectivity index (χ0) is 21.7. The third-order valence-electron chi connectivity index (χ3n) is 4.94. The van der Waals surface area contributed by atoms with Gasteiger partial charge in [-0.2, -0.15) is 0 Å². The van der Waals surface area contributed by atoms with E-state index in [4.69, 9.17) is 14.2 Å². The van der Waals surface area contributed by atoms with E-state index >= 15 is 0 Å². The Balaban J connectivity index is 3.41. The Bertz CT molecular complexity index is 404. The molecule has 2 N–H and O–H groups in total. The molecule has 0 aliphatic heterocycles. The molecule has 29 heavy (non-hydrogen) atoms. The van der Waals surface area contributed by atoms with Gasteiger partial charge in [-0.25, -0.2) is 0 Å². The summed E-state index contributed by atoms with van der Waals surface area (Å²) >= 11 is 0. The van der Waals surface area contributed by atoms with Gasteiger partial charge in [0.2, 0.25) is 5.91 Å². The fourth-order valence-electron chi connectivity index (χ4n) is 2.78. The van der Waals surface area contributed by atoms with Crippen LogP contribution in [0.3, 0.4) is 0 Å². The molecule has 0 aromatic heterocycles. The summed E-state index contributed by atoms with van der Waals surface area (Å²) in [5, 5.41) is 6.37. The fourth-order valence-corrected chi connectivity index (χ4v) is 2.78. The normalized spacial score (nSPS) is 13.1. The molecule has 6 nitrogen and oxygen atoms in total. The van der Waals surface area contributed by atoms with E-state index in [9.17, 15) is 4.79 Å². The van der Waals surface area contributed by atoms with Crippen LogP contribution in [0.25, 0.3) is 0 Å². The van der Waals surface area contributed by atoms with E-state index in [-0.39, 0.29) is 5.91 Å². The summed E-state index contributed by atoms with van der Waals surface area (Å²) in [7, 11) is 0. The molecule has 0 aliphatic carbocycles. The number of nitrogens with one attached hydrogen (secondary N) is 2. The second-order valence-corrected chi connectivity index (χ2v) is 7.65. The average Bonchev–Trinajstić information content (AvgIpc) is 2.71. The highest BCUT2D eigenvalue weighted by molar-refractivity contribution is 5.75. The third-order valence-corrected chi connectivity index (χ3v) is 4.94. The Labute approximate surface area is 179 Å². The molecule has 0 rings (SSSR count). The van der Waals surface area contributed by atoms with Crippen LogP contribution in [0.2, 0.25) is 0 Å². The molecule has 0 fully saturated rings. The van der Waals surface area contributed by atoms with Crippen molar-refractivity contribution in [3.8, 4) is 0 Å². The van der Waals surface area contributed by atoms with E-state index in [0.717, 1.165) is 44.4 Å². The first-order valence-electron chi connectivity index (χ1n) is 11.4. The van der Waals surface area contributed by atoms with Crippen molar-refractivity contribution in [1.82, 2.24) is 10.6 Å². The van der Waals surface area contributed by atoms with Gasteiger partial charge in [0.05, 0.1) is 33.0 Å². The first kappa shape index (κ1) is 27.9. The van der Waals surface area contributed by atoms with Gasteiger partial charge in [-0.3, -0.25) is 4.79 Å². The lowest BCUT2D eigenvalue weighted by atomic mass is 9.96. The summed E-state index contributed by atoms with van der Waals surface area (Å²) in [6.07, 6.45) is 6.96. The molecule has 1 amide bonds. The Hall–Kier alpha value is -1.11. The van der Waals surface area contributed by atoms with Crippen LogP contribution in [-0.2, 0) is 19.0 Å². The number of unbranched alkanes of at least 4 members (excludes halogenated alkanes) is 2. The van der Waals surface area contributed by atoms with E-state index in [0.29, 0.717) is 58.0 Å². The summed E-state index contributed by atoms with van der Waals surface area (Å²) in [5.41, 5.74) is 1.11. The molecule has 0 radical (unpaired) electrons. The van der Waals surface area contributed by atoms with Crippen molar-refractivity contribution in [2.45, 2.75) is 78.7 Å². The number of ether oxygens (including phenoxy) is 3. The predicted molar refractivity (Wildman–Crippen MR) is 120 cm³/mol. The standard InChI is InChI=1S/C23H46N2O4/c1-6-14-27-16-18-29-19-17-28-15-13-24-23(26)12-10-8-9-11-20(3)22(5)25-21(4)7-2/h20,22,25H,4,6-19H2,1-3,5H3,(H,24,26). The smallest absolute Gasteiger partial charge is 0.220 e. The van der Waals surface area contributed by atoms with Gasteiger partial charge in [0.25, 0.3) is 0 Å². The predicted octanol–water partition coefficient (Wildman–Crippen LogP) is 4.05. The quantitative estimate of drug-likeness (QED) is 0.277. The number of allylic oxidation sites excluding steroid dienone is 1. The molecule has 0 bridgehead atoms. The van der Waals surface area contributed by atoms with Gasteiger partial charge in [-0.05, 0) is 38.5 Å².